The molecule has 174 valence electrons. The second-order valence-electron chi connectivity index (χ2n) is 8.12. The van der Waals surface area contributed by atoms with Crippen molar-refractivity contribution in [1.82, 2.24) is 9.88 Å². The summed E-state index contributed by atoms with van der Waals surface area (Å²) in [5.74, 6) is 1.10. The van der Waals surface area contributed by atoms with Crippen LogP contribution >= 0.6 is 22.7 Å². The maximum absolute atomic E-state index is 12.9. The van der Waals surface area contributed by atoms with Gasteiger partial charge in [0.15, 0.2) is 11.5 Å². The Morgan fingerprint density at radius 3 is 2.74 bits per heavy atom. The van der Waals surface area contributed by atoms with E-state index in [0.717, 1.165) is 50.9 Å². The first-order valence-corrected chi connectivity index (χ1v) is 12.6. The maximum atomic E-state index is 12.9. The molecule has 0 unspecified atom stereocenters. The topological polar surface area (TPSA) is 63.7 Å². The molecule has 3 heterocycles. The van der Waals surface area contributed by atoms with Gasteiger partial charge >= 0.3 is 0 Å². The lowest BCUT2D eigenvalue weighted by atomic mass is 10.0. The van der Waals surface area contributed by atoms with Crippen LogP contribution in [0.3, 0.4) is 0 Å². The van der Waals surface area contributed by atoms with E-state index >= 15 is 0 Å². The van der Waals surface area contributed by atoms with E-state index in [1.165, 1.54) is 10.4 Å². The number of benzene rings is 2. The summed E-state index contributed by atoms with van der Waals surface area (Å²) in [6.45, 7) is 1.88. The van der Waals surface area contributed by atoms with Crippen LogP contribution in [0, 0.1) is 0 Å². The van der Waals surface area contributed by atoms with Crippen LogP contribution in [-0.2, 0) is 17.8 Å². The fourth-order valence-corrected chi connectivity index (χ4v) is 6.55. The Kier molecular flexibility index (Phi) is 6.36. The lowest BCUT2D eigenvalue weighted by molar-refractivity contribution is -0.111. The van der Waals surface area contributed by atoms with Crippen LogP contribution < -0.4 is 14.8 Å². The highest BCUT2D eigenvalue weighted by Crippen LogP contribution is 2.45. The van der Waals surface area contributed by atoms with Crippen molar-refractivity contribution in [2.75, 3.05) is 33.1 Å². The number of rotatable bonds is 6. The van der Waals surface area contributed by atoms with E-state index in [4.69, 9.17) is 14.5 Å². The van der Waals surface area contributed by atoms with Gasteiger partial charge in [0.2, 0.25) is 5.91 Å². The molecular formula is C26H25N3O3S2. The van der Waals surface area contributed by atoms with Gasteiger partial charge in [0.1, 0.15) is 10.0 Å². The van der Waals surface area contributed by atoms with Gasteiger partial charge in [-0.05, 0) is 54.9 Å². The van der Waals surface area contributed by atoms with Gasteiger partial charge in [-0.25, -0.2) is 4.98 Å². The Morgan fingerprint density at radius 1 is 1.12 bits per heavy atom. The van der Waals surface area contributed by atoms with E-state index in [2.05, 4.69) is 23.3 Å². The minimum Gasteiger partial charge on any atom is -0.493 e. The summed E-state index contributed by atoms with van der Waals surface area (Å²) in [7, 11) is 5.32. The minimum absolute atomic E-state index is 0.177. The molecule has 5 rings (SSSR count). The third-order valence-electron chi connectivity index (χ3n) is 5.83. The Morgan fingerprint density at radius 2 is 1.94 bits per heavy atom. The molecule has 0 spiro atoms. The van der Waals surface area contributed by atoms with E-state index in [0.29, 0.717) is 11.5 Å². The van der Waals surface area contributed by atoms with Gasteiger partial charge in [-0.15, -0.1) is 22.7 Å². The lowest BCUT2D eigenvalue weighted by Gasteiger charge is -2.22. The van der Waals surface area contributed by atoms with Crippen molar-refractivity contribution in [2.45, 2.75) is 13.0 Å². The molecule has 0 atom stereocenters. The fraction of sp³-hybridized carbons (Fsp3) is 0.231. The van der Waals surface area contributed by atoms with Crippen LogP contribution in [0.5, 0.6) is 11.5 Å². The molecule has 34 heavy (non-hydrogen) atoms. The van der Waals surface area contributed by atoms with E-state index in [1.54, 1.807) is 49.0 Å². The summed E-state index contributed by atoms with van der Waals surface area (Å²) in [6, 6.07) is 13.7. The number of fused-ring (bicyclic) bond motifs is 2. The van der Waals surface area contributed by atoms with Crippen molar-refractivity contribution in [1.29, 1.82) is 0 Å². The van der Waals surface area contributed by atoms with Crippen LogP contribution in [0.15, 0.2) is 48.5 Å². The van der Waals surface area contributed by atoms with E-state index in [-0.39, 0.29) is 5.91 Å². The lowest BCUT2D eigenvalue weighted by Crippen LogP contribution is -2.25. The van der Waals surface area contributed by atoms with Crippen molar-refractivity contribution in [2.24, 2.45) is 0 Å². The second-order valence-corrected chi connectivity index (χ2v) is 10.3. The molecule has 0 saturated carbocycles. The number of likely N-dealkylation sites (N-methyl/N-ethyl adjacent to an activating group) is 1. The molecule has 1 N–H and O–H groups in total. The SMILES string of the molecule is COc1ccc(/C=C/C(=O)Nc2sc3c(c2-c2nc4ccccc4s2)CCN(C)C3)cc1OC. The molecule has 6 nitrogen and oxygen atoms in total. The molecular weight excluding hydrogens is 466 g/mol. The van der Waals surface area contributed by atoms with Gasteiger partial charge in [0, 0.05) is 29.6 Å². The Balaban J connectivity index is 1.45. The second kappa shape index (κ2) is 9.58. The smallest absolute Gasteiger partial charge is 0.249 e. The number of hydrogen-bond donors (Lipinski definition) is 1. The predicted octanol–water partition coefficient (Wildman–Crippen LogP) is 5.68. The number of carbonyl (C=O) groups excluding carboxylic acids is 1. The van der Waals surface area contributed by atoms with Crippen molar-refractivity contribution in [3.63, 3.8) is 0 Å². The van der Waals surface area contributed by atoms with Crippen LogP contribution in [0.1, 0.15) is 16.0 Å². The van der Waals surface area contributed by atoms with Gasteiger partial charge in [0.25, 0.3) is 0 Å². The van der Waals surface area contributed by atoms with Crippen molar-refractivity contribution in [3.8, 4) is 22.1 Å². The quantitative estimate of drug-likeness (QED) is 0.352. The van der Waals surface area contributed by atoms with Crippen LogP contribution in [0.2, 0.25) is 0 Å². The van der Waals surface area contributed by atoms with Crippen LogP contribution in [0.4, 0.5) is 5.00 Å². The molecule has 2 aromatic heterocycles. The standard InChI is InChI=1S/C26H25N3O3S2/c1-29-13-12-17-22(15-29)34-26(24(17)25-27-18-6-4-5-7-21(18)33-25)28-23(30)11-9-16-8-10-19(31-2)20(14-16)32-3/h4-11,14H,12-13,15H2,1-3H3,(H,28,30)/b11-9+. The number of anilines is 1. The highest BCUT2D eigenvalue weighted by molar-refractivity contribution is 7.22. The number of para-hydroxylation sites is 1. The molecule has 1 aliphatic rings. The predicted molar refractivity (Wildman–Crippen MR) is 140 cm³/mol. The summed E-state index contributed by atoms with van der Waals surface area (Å²) in [6.07, 6.45) is 4.27. The first-order chi connectivity index (χ1) is 16.6. The van der Waals surface area contributed by atoms with Crippen molar-refractivity contribution >= 4 is 49.9 Å². The molecule has 8 heteroatoms. The summed E-state index contributed by atoms with van der Waals surface area (Å²) in [5, 5.41) is 4.95. The molecule has 2 aromatic carbocycles. The summed E-state index contributed by atoms with van der Waals surface area (Å²) in [5.41, 5.74) is 4.22. The largest absolute Gasteiger partial charge is 0.493 e. The zero-order valence-corrected chi connectivity index (χ0v) is 20.9. The first-order valence-electron chi connectivity index (χ1n) is 11.0. The fourth-order valence-electron chi connectivity index (χ4n) is 4.11. The zero-order valence-electron chi connectivity index (χ0n) is 19.3. The number of amides is 1. The number of thiophene rings is 1. The molecule has 1 amide bonds. The molecule has 0 saturated heterocycles. The van der Waals surface area contributed by atoms with E-state index in [9.17, 15) is 4.79 Å². The summed E-state index contributed by atoms with van der Waals surface area (Å²) in [4.78, 5) is 21.4. The zero-order chi connectivity index (χ0) is 23.7. The molecule has 0 aliphatic carbocycles. The van der Waals surface area contributed by atoms with E-state index in [1.807, 2.05) is 36.4 Å². The third kappa shape index (κ3) is 4.44. The molecule has 1 aliphatic heterocycles. The van der Waals surface area contributed by atoms with Gasteiger partial charge in [-0.3, -0.25) is 4.79 Å². The van der Waals surface area contributed by atoms with Gasteiger partial charge < -0.3 is 19.7 Å². The highest BCUT2D eigenvalue weighted by atomic mass is 32.1. The number of thiazole rings is 1. The minimum atomic E-state index is -0.177. The number of ether oxygens (including phenoxy) is 2. The Hall–Kier alpha value is -3.20. The molecule has 0 bridgehead atoms. The number of nitrogens with zero attached hydrogens (tertiary/aromatic N) is 2. The Labute approximate surface area is 206 Å². The van der Waals surface area contributed by atoms with Crippen LogP contribution in [0.25, 0.3) is 26.9 Å². The normalized spacial score (nSPS) is 13.9. The van der Waals surface area contributed by atoms with Crippen molar-refractivity contribution < 1.29 is 14.3 Å². The molecule has 0 radical (unpaired) electrons. The van der Waals surface area contributed by atoms with Gasteiger partial charge in [0.05, 0.1) is 24.4 Å². The van der Waals surface area contributed by atoms with Gasteiger partial charge in [-0.2, -0.15) is 0 Å². The van der Waals surface area contributed by atoms with Crippen molar-refractivity contribution in [3.05, 3.63) is 64.5 Å². The summed E-state index contributed by atoms with van der Waals surface area (Å²) >= 11 is 3.33. The number of hydrogen-bond acceptors (Lipinski definition) is 7. The summed E-state index contributed by atoms with van der Waals surface area (Å²) < 4.78 is 11.8. The maximum Gasteiger partial charge on any atom is 0.249 e. The highest BCUT2D eigenvalue weighted by Gasteiger charge is 2.26. The number of aromatic nitrogens is 1. The van der Waals surface area contributed by atoms with Gasteiger partial charge in [-0.1, -0.05) is 18.2 Å². The number of methoxy groups -OCH3 is 2. The van der Waals surface area contributed by atoms with Crippen LogP contribution in [-0.4, -0.2) is 43.6 Å². The van der Waals surface area contributed by atoms with E-state index < -0.39 is 0 Å². The average molecular weight is 492 g/mol. The molecule has 0 fully saturated rings. The Bertz CT molecular complexity index is 1360. The number of carbonyl (C=O) groups is 1. The average Bonchev–Trinajstić information content (AvgIpc) is 3.42. The first kappa shape index (κ1) is 22.6. The number of nitrogens with one attached hydrogen (secondary N) is 1. The third-order valence-corrected chi connectivity index (χ3v) is 8.01. The monoisotopic (exact) mass is 491 g/mol. The molecule has 4 aromatic rings.